The number of hydrogen-bond acceptors (Lipinski definition) is 2. The maximum Gasteiger partial charge on any atom is 0.217 e. The summed E-state index contributed by atoms with van der Waals surface area (Å²) >= 11 is 0. The predicted molar refractivity (Wildman–Crippen MR) is 53.5 cm³/mol. The second kappa shape index (κ2) is 3.78. The van der Waals surface area contributed by atoms with E-state index in [1.165, 1.54) is 12.8 Å². The van der Waals surface area contributed by atoms with E-state index in [4.69, 9.17) is 0 Å². The van der Waals surface area contributed by atoms with Crippen molar-refractivity contribution in [1.82, 2.24) is 10.3 Å². The number of nitrogens with one attached hydrogen (secondary N) is 1. The molecule has 1 atom stereocenters. The number of amides is 1. The van der Waals surface area contributed by atoms with E-state index in [9.17, 15) is 4.79 Å². The van der Waals surface area contributed by atoms with Crippen LogP contribution in [0.4, 0.5) is 0 Å². The number of carbonyl (C=O) groups is 1. The van der Waals surface area contributed by atoms with Crippen molar-refractivity contribution in [3.8, 4) is 0 Å². The van der Waals surface area contributed by atoms with Crippen LogP contribution in [0.3, 0.4) is 0 Å². The lowest BCUT2D eigenvalue weighted by molar-refractivity contribution is -0.119. The van der Waals surface area contributed by atoms with Gasteiger partial charge in [-0.2, -0.15) is 0 Å². The number of aromatic nitrogens is 1. The Balaban J connectivity index is 2.14. The molecular weight excluding hydrogens is 176 g/mol. The quantitative estimate of drug-likeness (QED) is 0.787. The predicted octanol–water partition coefficient (Wildman–Crippen LogP) is 1.67. The third kappa shape index (κ3) is 2.10. The molecule has 1 heterocycles. The van der Waals surface area contributed by atoms with Crippen molar-refractivity contribution in [2.45, 2.75) is 25.8 Å². The molecule has 0 aromatic carbocycles. The molecule has 0 radical (unpaired) electrons. The smallest absolute Gasteiger partial charge is 0.217 e. The third-order valence-corrected chi connectivity index (χ3v) is 2.50. The van der Waals surface area contributed by atoms with Gasteiger partial charge < -0.3 is 5.32 Å². The van der Waals surface area contributed by atoms with Gasteiger partial charge in [-0.15, -0.1) is 0 Å². The first-order chi connectivity index (χ1) is 6.77. The number of rotatable bonds is 3. The second-order valence-corrected chi connectivity index (χ2v) is 3.80. The first kappa shape index (κ1) is 9.19. The lowest BCUT2D eigenvalue weighted by Crippen LogP contribution is -2.27. The molecule has 74 valence electrons. The Morgan fingerprint density at radius 2 is 2.43 bits per heavy atom. The molecule has 1 fully saturated rings. The summed E-state index contributed by atoms with van der Waals surface area (Å²) in [5, 5.41) is 2.98. The highest BCUT2D eigenvalue weighted by Gasteiger charge is 2.32. The van der Waals surface area contributed by atoms with E-state index in [-0.39, 0.29) is 11.9 Å². The molecule has 0 saturated heterocycles. The SMILES string of the molecule is CC(=O)NC(c1cccnc1)C1CC1. The van der Waals surface area contributed by atoms with Gasteiger partial charge in [-0.3, -0.25) is 9.78 Å². The van der Waals surface area contributed by atoms with E-state index in [0.717, 1.165) is 5.56 Å². The van der Waals surface area contributed by atoms with Crippen molar-refractivity contribution in [1.29, 1.82) is 0 Å². The van der Waals surface area contributed by atoms with Gasteiger partial charge in [-0.1, -0.05) is 6.07 Å². The highest BCUT2D eigenvalue weighted by atomic mass is 16.1. The van der Waals surface area contributed by atoms with Crippen LogP contribution in [-0.4, -0.2) is 10.9 Å². The van der Waals surface area contributed by atoms with Gasteiger partial charge in [0.2, 0.25) is 5.91 Å². The van der Waals surface area contributed by atoms with Gasteiger partial charge in [-0.05, 0) is 30.4 Å². The fourth-order valence-electron chi connectivity index (χ4n) is 1.68. The molecule has 1 aliphatic rings. The van der Waals surface area contributed by atoms with Crippen LogP contribution < -0.4 is 5.32 Å². The molecule has 0 spiro atoms. The lowest BCUT2D eigenvalue weighted by atomic mass is 10.0. The monoisotopic (exact) mass is 190 g/mol. The largest absolute Gasteiger partial charge is 0.349 e. The molecule has 1 aromatic heterocycles. The summed E-state index contributed by atoms with van der Waals surface area (Å²) in [6.07, 6.45) is 6.00. The van der Waals surface area contributed by atoms with Crippen LogP contribution in [0.25, 0.3) is 0 Å². The Labute approximate surface area is 83.5 Å². The Kier molecular flexibility index (Phi) is 2.48. The maximum absolute atomic E-state index is 11.0. The third-order valence-electron chi connectivity index (χ3n) is 2.50. The summed E-state index contributed by atoms with van der Waals surface area (Å²) in [5.74, 6) is 0.647. The first-order valence-electron chi connectivity index (χ1n) is 4.94. The first-order valence-corrected chi connectivity index (χ1v) is 4.94. The van der Waals surface area contributed by atoms with Crippen LogP contribution in [0.5, 0.6) is 0 Å². The highest BCUT2D eigenvalue weighted by molar-refractivity contribution is 5.73. The topological polar surface area (TPSA) is 42.0 Å². The molecule has 1 amide bonds. The molecule has 1 aliphatic carbocycles. The molecule has 0 aliphatic heterocycles. The Morgan fingerprint density at radius 1 is 1.64 bits per heavy atom. The molecule has 3 heteroatoms. The Bertz CT molecular complexity index is 319. The summed E-state index contributed by atoms with van der Waals surface area (Å²) < 4.78 is 0. The second-order valence-electron chi connectivity index (χ2n) is 3.80. The van der Waals surface area contributed by atoms with Crippen molar-refractivity contribution in [3.05, 3.63) is 30.1 Å². The highest BCUT2D eigenvalue weighted by Crippen LogP contribution is 2.40. The van der Waals surface area contributed by atoms with Gasteiger partial charge in [0.15, 0.2) is 0 Å². The van der Waals surface area contributed by atoms with Crippen LogP contribution in [0.15, 0.2) is 24.5 Å². The Hall–Kier alpha value is -1.38. The van der Waals surface area contributed by atoms with Crippen molar-refractivity contribution < 1.29 is 4.79 Å². The normalized spacial score (nSPS) is 17.5. The lowest BCUT2D eigenvalue weighted by Gasteiger charge is -2.16. The van der Waals surface area contributed by atoms with Crippen LogP contribution in [0, 0.1) is 5.92 Å². The minimum absolute atomic E-state index is 0.0331. The average Bonchev–Trinajstić information content (AvgIpc) is 2.99. The molecule has 1 saturated carbocycles. The zero-order valence-corrected chi connectivity index (χ0v) is 8.23. The molecule has 1 N–H and O–H groups in total. The fraction of sp³-hybridized carbons (Fsp3) is 0.455. The molecule has 3 nitrogen and oxygen atoms in total. The average molecular weight is 190 g/mol. The van der Waals surface area contributed by atoms with Gasteiger partial charge in [0, 0.05) is 19.3 Å². The summed E-state index contributed by atoms with van der Waals surface area (Å²) in [4.78, 5) is 15.1. The zero-order chi connectivity index (χ0) is 9.97. The molecule has 0 bridgehead atoms. The van der Waals surface area contributed by atoms with Crippen LogP contribution in [0.1, 0.15) is 31.4 Å². The van der Waals surface area contributed by atoms with Crippen LogP contribution in [0.2, 0.25) is 0 Å². The molecule has 14 heavy (non-hydrogen) atoms. The van der Waals surface area contributed by atoms with E-state index < -0.39 is 0 Å². The van der Waals surface area contributed by atoms with Gasteiger partial charge >= 0.3 is 0 Å². The van der Waals surface area contributed by atoms with Gasteiger partial charge in [0.25, 0.3) is 0 Å². The number of carbonyl (C=O) groups excluding carboxylic acids is 1. The number of nitrogens with zero attached hydrogens (tertiary/aromatic N) is 1. The fourth-order valence-corrected chi connectivity index (χ4v) is 1.68. The van der Waals surface area contributed by atoms with Crippen LogP contribution >= 0.6 is 0 Å². The van der Waals surface area contributed by atoms with E-state index in [1.54, 1.807) is 13.1 Å². The van der Waals surface area contributed by atoms with Crippen molar-refractivity contribution in [2.24, 2.45) is 5.92 Å². The van der Waals surface area contributed by atoms with E-state index >= 15 is 0 Å². The summed E-state index contributed by atoms with van der Waals surface area (Å²) in [6.45, 7) is 1.56. The molecule has 1 aromatic rings. The molecular formula is C11H14N2O. The van der Waals surface area contributed by atoms with Gasteiger partial charge in [0.1, 0.15) is 0 Å². The van der Waals surface area contributed by atoms with Crippen molar-refractivity contribution in [3.63, 3.8) is 0 Å². The summed E-state index contributed by atoms with van der Waals surface area (Å²) in [7, 11) is 0. The van der Waals surface area contributed by atoms with Crippen molar-refractivity contribution in [2.75, 3.05) is 0 Å². The molecule has 2 rings (SSSR count). The summed E-state index contributed by atoms with van der Waals surface area (Å²) in [6, 6.07) is 4.10. The van der Waals surface area contributed by atoms with Crippen LogP contribution in [-0.2, 0) is 4.79 Å². The summed E-state index contributed by atoms with van der Waals surface area (Å²) in [5.41, 5.74) is 1.12. The minimum atomic E-state index is 0.0331. The Morgan fingerprint density at radius 3 is 2.93 bits per heavy atom. The van der Waals surface area contributed by atoms with E-state index in [0.29, 0.717) is 5.92 Å². The van der Waals surface area contributed by atoms with Crippen molar-refractivity contribution >= 4 is 5.91 Å². The van der Waals surface area contributed by atoms with Gasteiger partial charge in [-0.25, -0.2) is 0 Å². The number of pyridine rings is 1. The number of hydrogen-bond donors (Lipinski definition) is 1. The molecule has 1 unspecified atom stereocenters. The van der Waals surface area contributed by atoms with E-state index in [1.807, 2.05) is 18.3 Å². The van der Waals surface area contributed by atoms with E-state index in [2.05, 4.69) is 10.3 Å². The van der Waals surface area contributed by atoms with Gasteiger partial charge in [0.05, 0.1) is 6.04 Å². The maximum atomic E-state index is 11.0. The minimum Gasteiger partial charge on any atom is -0.349 e. The zero-order valence-electron chi connectivity index (χ0n) is 8.23. The standard InChI is InChI=1S/C11H14N2O/c1-8(14)13-11(9-4-5-9)10-3-2-6-12-7-10/h2-3,6-7,9,11H,4-5H2,1H3,(H,13,14).